The van der Waals surface area contributed by atoms with Gasteiger partial charge in [-0.2, -0.15) is 0 Å². The molecule has 0 fully saturated rings. The van der Waals surface area contributed by atoms with Gasteiger partial charge in [0.1, 0.15) is 0 Å². The highest BCUT2D eigenvalue weighted by Gasteiger charge is 2.12. The Kier molecular flexibility index (Phi) is 6.19. The largest absolute Gasteiger partial charge is 0.348 e. The number of hydrogen-bond acceptors (Lipinski definition) is 2. The van der Waals surface area contributed by atoms with E-state index in [0.29, 0.717) is 10.6 Å². The van der Waals surface area contributed by atoms with Gasteiger partial charge in [0.25, 0.3) is 5.91 Å². The number of nitrogens with one attached hydrogen (secondary N) is 2. The van der Waals surface area contributed by atoms with Crippen molar-refractivity contribution < 1.29 is 9.59 Å². The number of carbonyl (C=O) groups excluding carboxylic acids is 2. The van der Waals surface area contributed by atoms with E-state index in [1.165, 1.54) is 0 Å². The summed E-state index contributed by atoms with van der Waals surface area (Å²) in [6, 6.07) is 14.1. The minimum absolute atomic E-state index is 0.0871. The van der Waals surface area contributed by atoms with Crippen molar-refractivity contribution in [1.29, 1.82) is 0 Å². The highest BCUT2D eigenvalue weighted by Crippen LogP contribution is 2.17. The zero-order valence-corrected chi connectivity index (χ0v) is 14.8. The van der Waals surface area contributed by atoms with E-state index in [-0.39, 0.29) is 24.4 Å². The van der Waals surface area contributed by atoms with Crippen molar-refractivity contribution in [1.82, 2.24) is 10.6 Å². The highest BCUT2D eigenvalue weighted by atomic mass is 79.9. The van der Waals surface area contributed by atoms with Gasteiger partial charge in [-0.05, 0) is 42.8 Å². The predicted molar refractivity (Wildman–Crippen MR) is 94.5 cm³/mol. The average Bonchev–Trinajstić information content (AvgIpc) is 2.52. The molecule has 0 aliphatic heterocycles. The van der Waals surface area contributed by atoms with Crippen molar-refractivity contribution in [3.8, 4) is 0 Å². The van der Waals surface area contributed by atoms with E-state index in [2.05, 4.69) is 26.6 Å². The topological polar surface area (TPSA) is 58.2 Å². The zero-order chi connectivity index (χ0) is 16.8. The van der Waals surface area contributed by atoms with Gasteiger partial charge in [0.15, 0.2) is 0 Å². The van der Waals surface area contributed by atoms with Crippen LogP contribution in [0, 0.1) is 0 Å². The zero-order valence-electron chi connectivity index (χ0n) is 12.5. The van der Waals surface area contributed by atoms with E-state index in [4.69, 9.17) is 11.6 Å². The number of carbonyl (C=O) groups is 2. The van der Waals surface area contributed by atoms with Gasteiger partial charge in [0, 0.05) is 15.1 Å². The molecule has 1 unspecified atom stereocenters. The molecule has 0 aliphatic rings. The first-order valence-corrected chi connectivity index (χ1v) is 8.21. The lowest BCUT2D eigenvalue weighted by atomic mass is 10.1. The third kappa shape index (κ3) is 5.37. The second-order valence-electron chi connectivity index (χ2n) is 5.04. The Labute approximate surface area is 148 Å². The number of hydrogen-bond donors (Lipinski definition) is 2. The first-order valence-electron chi connectivity index (χ1n) is 7.04. The predicted octanol–water partition coefficient (Wildman–Crippen LogP) is 3.71. The van der Waals surface area contributed by atoms with Gasteiger partial charge >= 0.3 is 0 Å². The third-order valence-corrected chi connectivity index (χ3v) is 3.95. The summed E-state index contributed by atoms with van der Waals surface area (Å²) in [5.74, 6) is -0.558. The van der Waals surface area contributed by atoms with Crippen LogP contribution in [0.5, 0.6) is 0 Å². The van der Waals surface area contributed by atoms with Crippen molar-refractivity contribution in [2.24, 2.45) is 0 Å². The molecule has 6 heteroatoms. The van der Waals surface area contributed by atoms with Crippen LogP contribution in [0.3, 0.4) is 0 Å². The standard InChI is InChI=1S/C17H16BrClN2O2/c1-11(12-4-3-7-15(19)9-12)21-16(22)10-20-17(23)13-5-2-6-14(18)8-13/h2-9,11H,10H2,1H3,(H,20,23)(H,21,22). The Balaban J connectivity index is 1.86. The highest BCUT2D eigenvalue weighted by molar-refractivity contribution is 9.10. The summed E-state index contributed by atoms with van der Waals surface area (Å²) in [4.78, 5) is 23.9. The normalized spacial score (nSPS) is 11.6. The molecule has 0 aliphatic carbocycles. The summed E-state index contributed by atoms with van der Waals surface area (Å²) in [6.07, 6.45) is 0. The molecule has 120 valence electrons. The summed E-state index contributed by atoms with van der Waals surface area (Å²) >= 11 is 9.24. The van der Waals surface area contributed by atoms with Crippen LogP contribution in [-0.4, -0.2) is 18.4 Å². The number of rotatable bonds is 5. The van der Waals surface area contributed by atoms with Crippen LogP contribution >= 0.6 is 27.5 Å². The summed E-state index contributed by atoms with van der Waals surface area (Å²) < 4.78 is 0.809. The second kappa shape index (κ2) is 8.13. The molecular weight excluding hydrogens is 380 g/mol. The fraction of sp³-hybridized carbons (Fsp3) is 0.176. The fourth-order valence-corrected chi connectivity index (χ4v) is 2.64. The van der Waals surface area contributed by atoms with E-state index in [1.54, 1.807) is 30.3 Å². The molecule has 0 spiro atoms. The van der Waals surface area contributed by atoms with Crippen molar-refractivity contribution in [3.05, 3.63) is 69.2 Å². The molecular formula is C17H16BrClN2O2. The fourth-order valence-electron chi connectivity index (χ4n) is 2.04. The average molecular weight is 396 g/mol. The van der Waals surface area contributed by atoms with Crippen LogP contribution in [0.4, 0.5) is 0 Å². The first-order chi connectivity index (χ1) is 11.0. The summed E-state index contributed by atoms with van der Waals surface area (Å²) in [6.45, 7) is 1.77. The van der Waals surface area contributed by atoms with Crippen molar-refractivity contribution in [2.75, 3.05) is 6.54 Å². The van der Waals surface area contributed by atoms with Gasteiger partial charge in [0.05, 0.1) is 12.6 Å². The van der Waals surface area contributed by atoms with Gasteiger partial charge in [-0.25, -0.2) is 0 Å². The van der Waals surface area contributed by atoms with Crippen LogP contribution in [0.25, 0.3) is 0 Å². The lowest BCUT2D eigenvalue weighted by molar-refractivity contribution is -0.120. The SMILES string of the molecule is CC(NC(=O)CNC(=O)c1cccc(Br)c1)c1cccc(Cl)c1. The van der Waals surface area contributed by atoms with Crippen molar-refractivity contribution in [2.45, 2.75) is 13.0 Å². The molecule has 23 heavy (non-hydrogen) atoms. The molecule has 0 heterocycles. The minimum Gasteiger partial charge on any atom is -0.348 e. The van der Waals surface area contributed by atoms with Crippen LogP contribution < -0.4 is 10.6 Å². The van der Waals surface area contributed by atoms with E-state index in [0.717, 1.165) is 10.0 Å². The Hall–Kier alpha value is -1.85. The molecule has 0 saturated carbocycles. The molecule has 2 rings (SSSR count). The molecule has 2 aromatic rings. The van der Waals surface area contributed by atoms with Crippen LogP contribution in [0.15, 0.2) is 53.0 Å². The smallest absolute Gasteiger partial charge is 0.251 e. The molecule has 2 aromatic carbocycles. The van der Waals surface area contributed by atoms with E-state index >= 15 is 0 Å². The van der Waals surface area contributed by atoms with E-state index < -0.39 is 0 Å². The summed E-state index contributed by atoms with van der Waals surface area (Å²) in [7, 11) is 0. The number of amides is 2. The summed E-state index contributed by atoms with van der Waals surface area (Å²) in [5, 5.41) is 6.03. The number of halogens is 2. The van der Waals surface area contributed by atoms with E-state index in [1.807, 2.05) is 25.1 Å². The maximum atomic E-state index is 12.0. The number of benzene rings is 2. The lowest BCUT2D eigenvalue weighted by Crippen LogP contribution is -2.38. The first kappa shape index (κ1) is 17.5. The van der Waals surface area contributed by atoms with Crippen LogP contribution in [0.1, 0.15) is 28.9 Å². The summed E-state index contributed by atoms with van der Waals surface area (Å²) in [5.41, 5.74) is 1.40. The second-order valence-corrected chi connectivity index (χ2v) is 6.39. The van der Waals surface area contributed by atoms with Gasteiger partial charge in [-0.15, -0.1) is 0 Å². The third-order valence-electron chi connectivity index (χ3n) is 3.22. The van der Waals surface area contributed by atoms with Crippen molar-refractivity contribution in [3.63, 3.8) is 0 Å². The minimum atomic E-state index is -0.295. The monoisotopic (exact) mass is 394 g/mol. The van der Waals surface area contributed by atoms with Gasteiger partial charge in [0.2, 0.25) is 5.91 Å². The Morgan fingerprint density at radius 2 is 1.91 bits per heavy atom. The van der Waals surface area contributed by atoms with Gasteiger partial charge in [-0.3, -0.25) is 9.59 Å². The maximum Gasteiger partial charge on any atom is 0.251 e. The van der Waals surface area contributed by atoms with E-state index in [9.17, 15) is 9.59 Å². The van der Waals surface area contributed by atoms with Gasteiger partial charge in [-0.1, -0.05) is 45.7 Å². The van der Waals surface area contributed by atoms with Gasteiger partial charge < -0.3 is 10.6 Å². The van der Waals surface area contributed by atoms with Crippen molar-refractivity contribution >= 4 is 39.3 Å². The molecule has 0 saturated heterocycles. The van der Waals surface area contributed by atoms with Crippen LogP contribution in [0.2, 0.25) is 5.02 Å². The molecule has 0 radical (unpaired) electrons. The molecule has 0 bridgehead atoms. The lowest BCUT2D eigenvalue weighted by Gasteiger charge is -2.15. The molecule has 2 N–H and O–H groups in total. The van der Waals surface area contributed by atoms with Crippen LogP contribution in [-0.2, 0) is 4.79 Å². The Morgan fingerprint density at radius 1 is 1.17 bits per heavy atom. The molecule has 0 aromatic heterocycles. The molecule has 2 amide bonds. The molecule has 4 nitrogen and oxygen atoms in total. The maximum absolute atomic E-state index is 12.0. The molecule has 1 atom stereocenters. The Morgan fingerprint density at radius 3 is 2.61 bits per heavy atom. The Bertz CT molecular complexity index is 721. The quantitative estimate of drug-likeness (QED) is 0.811.